The van der Waals surface area contributed by atoms with Crippen molar-refractivity contribution in [2.45, 2.75) is 40.8 Å². The first-order valence-electron chi connectivity index (χ1n) is 11.0. The van der Waals surface area contributed by atoms with Gasteiger partial charge >= 0.3 is 0 Å². The van der Waals surface area contributed by atoms with Crippen LogP contribution in [0.5, 0.6) is 0 Å². The van der Waals surface area contributed by atoms with E-state index in [1.165, 1.54) is 30.8 Å². The van der Waals surface area contributed by atoms with Gasteiger partial charge in [0.05, 0.1) is 21.2 Å². The maximum atomic E-state index is 14.9. The molecular formula is C26H22ClFN2O3S. The van der Waals surface area contributed by atoms with Crippen molar-refractivity contribution in [2.24, 2.45) is 5.92 Å². The summed E-state index contributed by atoms with van der Waals surface area (Å²) < 4.78 is 14.9. The second kappa shape index (κ2) is 9.04. The number of anilines is 1. The van der Waals surface area contributed by atoms with Crippen LogP contribution in [0.15, 0.2) is 71.6 Å². The minimum atomic E-state index is -0.383. The molecule has 0 unspecified atom stereocenters. The number of carbonyl (C=O) groups excluding carboxylic acids is 1. The number of hydrogen-bond donors (Lipinski definition) is 1. The highest BCUT2D eigenvalue weighted by atomic mass is 35.5. The highest BCUT2D eigenvalue weighted by Crippen LogP contribution is 2.58. The molecular weight excluding hydrogens is 475 g/mol. The summed E-state index contributed by atoms with van der Waals surface area (Å²) in [5.41, 5.74) is 2.99. The predicted molar refractivity (Wildman–Crippen MR) is 132 cm³/mol. The molecule has 0 aromatic heterocycles. The minimum Gasteiger partial charge on any atom is -0.378 e. The molecule has 174 valence electrons. The molecule has 5 nitrogen and oxygen atoms in total. The molecule has 3 aromatic carbocycles. The Morgan fingerprint density at radius 2 is 1.85 bits per heavy atom. The number of alkyl halides is 1. The molecule has 0 amide bonds. The molecule has 8 heteroatoms. The molecule has 0 saturated heterocycles. The van der Waals surface area contributed by atoms with Crippen molar-refractivity contribution in [3.63, 3.8) is 0 Å². The number of halogens is 2. The molecule has 1 heterocycles. The Morgan fingerprint density at radius 3 is 2.59 bits per heavy atom. The molecule has 1 saturated carbocycles. The lowest BCUT2D eigenvalue weighted by atomic mass is 9.76. The third-order valence-electron chi connectivity index (χ3n) is 6.80. The van der Waals surface area contributed by atoms with Crippen LogP contribution < -0.4 is 5.32 Å². The summed E-state index contributed by atoms with van der Waals surface area (Å²) in [5.74, 6) is -0.509. The van der Waals surface area contributed by atoms with Gasteiger partial charge in [0.15, 0.2) is 5.78 Å². The maximum absolute atomic E-state index is 14.9. The second-order valence-electron chi connectivity index (χ2n) is 8.75. The first-order chi connectivity index (χ1) is 16.3. The lowest BCUT2D eigenvalue weighted by molar-refractivity contribution is -0.387. The third kappa shape index (κ3) is 3.97. The van der Waals surface area contributed by atoms with Crippen LogP contribution in [0.2, 0.25) is 0 Å². The van der Waals surface area contributed by atoms with E-state index in [2.05, 4.69) is 5.32 Å². The molecule has 0 bridgehead atoms. The van der Waals surface area contributed by atoms with Gasteiger partial charge in [-0.1, -0.05) is 30.3 Å². The molecule has 0 radical (unpaired) electrons. The Bertz CT molecular complexity index is 1290. The molecule has 5 rings (SSSR count). The Hall–Kier alpha value is -2.90. The predicted octanol–water partition coefficient (Wildman–Crippen LogP) is 6.98. The summed E-state index contributed by atoms with van der Waals surface area (Å²) in [6, 6.07) is 18.6. The van der Waals surface area contributed by atoms with Crippen LogP contribution in [0.1, 0.15) is 46.8 Å². The van der Waals surface area contributed by atoms with Crippen molar-refractivity contribution in [3.8, 4) is 0 Å². The number of hydrogen-bond acceptors (Lipinski definition) is 5. The van der Waals surface area contributed by atoms with E-state index in [4.69, 9.17) is 11.6 Å². The summed E-state index contributed by atoms with van der Waals surface area (Å²) in [4.78, 5) is 23.8. The fourth-order valence-electron chi connectivity index (χ4n) is 5.24. The maximum Gasteiger partial charge on any atom is 0.282 e. The average Bonchev–Trinajstić information content (AvgIpc) is 3.15. The normalized spacial score (nSPS) is 25.2. The largest absolute Gasteiger partial charge is 0.378 e. The van der Waals surface area contributed by atoms with E-state index < -0.39 is 0 Å². The number of nitrogens with zero attached hydrogens (tertiary/aromatic N) is 1. The Morgan fingerprint density at radius 1 is 1.12 bits per heavy atom. The summed E-state index contributed by atoms with van der Waals surface area (Å²) in [6.07, 6.45) is 0.644. The van der Waals surface area contributed by atoms with Crippen molar-refractivity contribution in [1.82, 2.24) is 0 Å². The summed E-state index contributed by atoms with van der Waals surface area (Å²) in [6.45, 7) is 1.53. The highest BCUT2D eigenvalue weighted by molar-refractivity contribution is 8.00. The van der Waals surface area contributed by atoms with Gasteiger partial charge in [0.1, 0.15) is 5.82 Å². The molecule has 1 fully saturated rings. The van der Waals surface area contributed by atoms with E-state index in [0.29, 0.717) is 22.4 Å². The number of nitrogens with one attached hydrogen (secondary N) is 1. The smallest absolute Gasteiger partial charge is 0.282 e. The van der Waals surface area contributed by atoms with E-state index in [0.717, 1.165) is 11.3 Å². The van der Waals surface area contributed by atoms with Crippen LogP contribution in [0.3, 0.4) is 0 Å². The lowest BCUT2D eigenvalue weighted by Crippen LogP contribution is -2.31. The number of thioether (sulfide) groups is 1. The van der Waals surface area contributed by atoms with E-state index in [1.807, 2.05) is 18.2 Å². The Kier molecular flexibility index (Phi) is 6.08. The number of nitro groups is 1. The van der Waals surface area contributed by atoms with E-state index in [-0.39, 0.29) is 50.7 Å². The second-order valence-corrected chi connectivity index (χ2v) is 10.5. The van der Waals surface area contributed by atoms with Gasteiger partial charge < -0.3 is 5.32 Å². The van der Waals surface area contributed by atoms with Gasteiger partial charge in [0.2, 0.25) is 0 Å². The summed E-state index contributed by atoms with van der Waals surface area (Å²) in [7, 11) is 0. The fourth-order valence-corrected chi connectivity index (χ4v) is 7.19. The van der Waals surface area contributed by atoms with Gasteiger partial charge in [-0.2, -0.15) is 0 Å². The van der Waals surface area contributed by atoms with Gasteiger partial charge in [-0.15, -0.1) is 23.4 Å². The van der Waals surface area contributed by atoms with Crippen LogP contribution in [-0.2, 0) is 0 Å². The molecule has 2 aliphatic rings. The molecule has 3 aromatic rings. The molecule has 0 spiro atoms. The van der Waals surface area contributed by atoms with Crippen LogP contribution >= 0.6 is 23.4 Å². The number of para-hydroxylation sites is 1. The van der Waals surface area contributed by atoms with Gasteiger partial charge in [0, 0.05) is 34.0 Å². The number of Topliss-reactive ketones (excluding diaryl/α,β-unsaturated/α-hetero) is 1. The van der Waals surface area contributed by atoms with E-state index in [9.17, 15) is 19.3 Å². The van der Waals surface area contributed by atoms with Gasteiger partial charge in [-0.05, 0) is 55.2 Å². The summed E-state index contributed by atoms with van der Waals surface area (Å²) >= 11 is 8.49. The number of rotatable bonds is 5. The van der Waals surface area contributed by atoms with E-state index >= 15 is 0 Å². The molecule has 1 aliphatic carbocycles. The topological polar surface area (TPSA) is 72.2 Å². The van der Waals surface area contributed by atoms with Crippen molar-refractivity contribution in [1.29, 1.82) is 0 Å². The Balaban J connectivity index is 1.57. The van der Waals surface area contributed by atoms with Gasteiger partial charge in [-0.25, -0.2) is 4.39 Å². The SMILES string of the molecule is CC(=O)c1ccc2c(c1)[C@@H]1[C@H](Cl)[C@H](Sc3ccccc3[N+](=O)[O-])C[C@@H]1[C@@H](c1ccccc1F)N2. The number of ketones is 1. The number of nitro benzene ring substituents is 1. The van der Waals surface area contributed by atoms with Crippen LogP contribution in [0.25, 0.3) is 0 Å². The van der Waals surface area contributed by atoms with Crippen molar-refractivity contribution in [3.05, 3.63) is 99.4 Å². The summed E-state index contributed by atoms with van der Waals surface area (Å²) in [5, 5.41) is 14.6. The van der Waals surface area contributed by atoms with Crippen LogP contribution in [0.4, 0.5) is 15.8 Å². The standard InChI is InChI=1S/C26H22ClFN2O3S/c1-14(31)15-10-11-20-17(12-15)24-18(26(29-20)16-6-2-3-7-19(16)28)13-23(25(24)27)34-22-9-5-4-8-21(22)30(32)33/h2-12,18,23-26,29H,13H2,1H3/t18-,23+,24-,25+,26+/m0/s1. The monoisotopic (exact) mass is 496 g/mol. The zero-order valence-corrected chi connectivity index (χ0v) is 19.9. The van der Waals surface area contributed by atoms with Crippen LogP contribution in [-0.4, -0.2) is 21.3 Å². The van der Waals surface area contributed by atoms with Gasteiger partial charge in [0.25, 0.3) is 5.69 Å². The molecule has 1 aliphatic heterocycles. The number of fused-ring (bicyclic) bond motifs is 3. The lowest BCUT2D eigenvalue weighted by Gasteiger charge is -2.38. The number of benzene rings is 3. The van der Waals surface area contributed by atoms with Crippen molar-refractivity contribution >= 4 is 40.5 Å². The van der Waals surface area contributed by atoms with Crippen molar-refractivity contribution in [2.75, 3.05) is 5.32 Å². The minimum absolute atomic E-state index is 0.0365. The quantitative estimate of drug-likeness (QED) is 0.178. The van der Waals surface area contributed by atoms with E-state index in [1.54, 1.807) is 36.4 Å². The van der Waals surface area contributed by atoms with Crippen molar-refractivity contribution < 1.29 is 14.1 Å². The zero-order chi connectivity index (χ0) is 24.0. The Labute approximate surface area is 205 Å². The molecule has 34 heavy (non-hydrogen) atoms. The average molecular weight is 497 g/mol. The van der Waals surface area contributed by atoms with Gasteiger partial charge in [-0.3, -0.25) is 14.9 Å². The molecule has 1 N–H and O–H groups in total. The van der Waals surface area contributed by atoms with Crippen LogP contribution in [0, 0.1) is 21.8 Å². The highest BCUT2D eigenvalue weighted by Gasteiger charge is 2.50. The zero-order valence-electron chi connectivity index (χ0n) is 18.3. The fraction of sp³-hybridized carbons (Fsp3) is 0.269. The molecule has 5 atom stereocenters. The third-order valence-corrected chi connectivity index (χ3v) is 8.91. The number of carbonyl (C=O) groups is 1. The first-order valence-corrected chi connectivity index (χ1v) is 12.4. The first kappa shape index (κ1) is 22.9.